The molecule has 1 heterocycles. The van der Waals surface area contributed by atoms with Crippen molar-refractivity contribution >= 4 is 6.03 Å². The highest BCUT2D eigenvalue weighted by Crippen LogP contribution is 2.42. The van der Waals surface area contributed by atoms with Crippen molar-refractivity contribution in [3.05, 3.63) is 125 Å². The van der Waals surface area contributed by atoms with E-state index >= 15 is 0 Å². The van der Waals surface area contributed by atoms with E-state index in [1.165, 1.54) is 0 Å². The van der Waals surface area contributed by atoms with Crippen LogP contribution in [0, 0.1) is 5.92 Å². The van der Waals surface area contributed by atoms with E-state index in [0.29, 0.717) is 31.7 Å². The lowest BCUT2D eigenvalue weighted by atomic mass is 9.89. The third kappa shape index (κ3) is 8.97. The van der Waals surface area contributed by atoms with Gasteiger partial charge in [0.25, 0.3) is 0 Å². The molecule has 1 fully saturated rings. The normalized spacial score (nSPS) is 20.1. The fourth-order valence-electron chi connectivity index (χ4n) is 5.97. The topological polar surface area (TPSA) is 124 Å². The molecule has 9 heteroatoms. The van der Waals surface area contributed by atoms with Gasteiger partial charge < -0.3 is 40.3 Å². The Morgan fingerprint density at radius 3 is 2.32 bits per heavy atom. The SMILES string of the molecule is CCNC(=O)NCc1cccc(-c2cccc(C3OC(CN(C)CC(O)c4cccc(O)c4)C(C)C(c4ccc(CO)cc4)O3)c2)c1. The summed E-state index contributed by atoms with van der Waals surface area (Å²) in [4.78, 5) is 14.0. The molecular weight excluding hydrogens is 594 g/mol. The molecule has 0 radical (unpaired) electrons. The lowest BCUT2D eigenvalue weighted by Crippen LogP contribution is -2.44. The monoisotopic (exact) mass is 639 g/mol. The summed E-state index contributed by atoms with van der Waals surface area (Å²) >= 11 is 0. The molecule has 248 valence electrons. The van der Waals surface area contributed by atoms with Gasteiger partial charge in [-0.05, 0) is 71.6 Å². The maximum absolute atomic E-state index is 11.9. The largest absolute Gasteiger partial charge is 0.508 e. The average molecular weight is 640 g/mol. The number of likely N-dealkylation sites (N-methyl/N-ethyl adjacent to an activating group) is 1. The van der Waals surface area contributed by atoms with Crippen LogP contribution in [0.3, 0.4) is 0 Å². The number of nitrogens with one attached hydrogen (secondary N) is 2. The van der Waals surface area contributed by atoms with Crippen molar-refractivity contribution in [2.24, 2.45) is 5.92 Å². The summed E-state index contributed by atoms with van der Waals surface area (Å²) < 4.78 is 13.4. The smallest absolute Gasteiger partial charge is 0.315 e. The van der Waals surface area contributed by atoms with Gasteiger partial charge in [0.2, 0.25) is 0 Å². The molecule has 1 aliphatic heterocycles. The number of carbonyl (C=O) groups excluding carboxylic acids is 1. The minimum Gasteiger partial charge on any atom is -0.508 e. The van der Waals surface area contributed by atoms with Crippen LogP contribution in [-0.4, -0.2) is 59.0 Å². The zero-order chi connectivity index (χ0) is 33.3. The second kappa shape index (κ2) is 16.0. The van der Waals surface area contributed by atoms with Gasteiger partial charge in [-0.15, -0.1) is 0 Å². The van der Waals surface area contributed by atoms with Gasteiger partial charge in [0.1, 0.15) is 5.75 Å². The molecule has 1 saturated heterocycles. The number of aromatic hydroxyl groups is 1. The number of nitrogens with zero attached hydrogens (tertiary/aromatic N) is 1. The van der Waals surface area contributed by atoms with Crippen LogP contribution in [0.25, 0.3) is 11.1 Å². The summed E-state index contributed by atoms with van der Waals surface area (Å²) in [5, 5.41) is 36.0. The van der Waals surface area contributed by atoms with Gasteiger partial charge in [-0.1, -0.05) is 79.7 Å². The molecule has 0 spiro atoms. The van der Waals surface area contributed by atoms with Crippen LogP contribution in [0.15, 0.2) is 97.1 Å². The van der Waals surface area contributed by atoms with E-state index in [2.05, 4.69) is 29.7 Å². The van der Waals surface area contributed by atoms with E-state index in [-0.39, 0.29) is 36.5 Å². The molecule has 0 saturated carbocycles. The number of phenols is 1. The molecule has 5 rings (SSSR count). The molecule has 4 aromatic rings. The van der Waals surface area contributed by atoms with Crippen molar-refractivity contribution in [2.75, 3.05) is 26.7 Å². The number of carbonyl (C=O) groups is 1. The molecule has 4 aromatic carbocycles. The van der Waals surface area contributed by atoms with Gasteiger partial charge in [0.15, 0.2) is 6.29 Å². The zero-order valence-electron chi connectivity index (χ0n) is 27.2. The average Bonchev–Trinajstić information content (AvgIpc) is 3.08. The third-order valence-electron chi connectivity index (χ3n) is 8.56. The van der Waals surface area contributed by atoms with E-state index in [9.17, 15) is 20.1 Å². The molecule has 0 aliphatic carbocycles. The molecule has 5 unspecified atom stereocenters. The molecule has 5 atom stereocenters. The first-order chi connectivity index (χ1) is 22.7. The van der Waals surface area contributed by atoms with Crippen LogP contribution in [-0.2, 0) is 22.6 Å². The highest BCUT2D eigenvalue weighted by molar-refractivity contribution is 5.74. The number of aliphatic hydroxyl groups excluding tert-OH is 2. The summed E-state index contributed by atoms with van der Waals surface area (Å²) in [5.74, 6) is 0.0948. The van der Waals surface area contributed by atoms with Crippen LogP contribution in [0.1, 0.15) is 60.2 Å². The Morgan fingerprint density at radius 2 is 1.60 bits per heavy atom. The second-order valence-electron chi connectivity index (χ2n) is 12.2. The van der Waals surface area contributed by atoms with Crippen LogP contribution in [0.2, 0.25) is 0 Å². The Hall–Kier alpha value is -4.25. The van der Waals surface area contributed by atoms with Crippen LogP contribution in [0.5, 0.6) is 5.75 Å². The lowest BCUT2D eigenvalue weighted by Gasteiger charge is -2.42. The fourth-order valence-corrected chi connectivity index (χ4v) is 5.97. The second-order valence-corrected chi connectivity index (χ2v) is 12.2. The number of urea groups is 1. The number of ether oxygens (including phenoxy) is 2. The molecule has 47 heavy (non-hydrogen) atoms. The van der Waals surface area contributed by atoms with Gasteiger partial charge in [0, 0.05) is 37.7 Å². The number of rotatable bonds is 12. The van der Waals surface area contributed by atoms with Crippen molar-refractivity contribution in [1.29, 1.82) is 0 Å². The van der Waals surface area contributed by atoms with E-state index in [4.69, 9.17) is 9.47 Å². The van der Waals surface area contributed by atoms with Gasteiger partial charge in [-0.25, -0.2) is 4.79 Å². The first kappa shape index (κ1) is 34.1. The highest BCUT2D eigenvalue weighted by atomic mass is 16.7. The Bertz CT molecular complexity index is 1610. The first-order valence-corrected chi connectivity index (χ1v) is 16.1. The van der Waals surface area contributed by atoms with Gasteiger partial charge in [-0.2, -0.15) is 0 Å². The number of aliphatic hydroxyl groups is 2. The minimum absolute atomic E-state index is 0.0242. The number of amides is 2. The van der Waals surface area contributed by atoms with Crippen LogP contribution < -0.4 is 10.6 Å². The Balaban J connectivity index is 1.37. The van der Waals surface area contributed by atoms with Crippen molar-refractivity contribution in [2.45, 2.75) is 51.6 Å². The molecule has 1 aliphatic rings. The summed E-state index contributed by atoms with van der Waals surface area (Å²) in [5.41, 5.74) is 6.36. The summed E-state index contributed by atoms with van der Waals surface area (Å²) in [6.45, 7) is 5.85. The van der Waals surface area contributed by atoms with E-state index < -0.39 is 12.4 Å². The maximum atomic E-state index is 11.9. The summed E-state index contributed by atoms with van der Waals surface area (Å²) in [7, 11) is 1.95. The van der Waals surface area contributed by atoms with Crippen LogP contribution in [0.4, 0.5) is 4.79 Å². The number of benzene rings is 4. The van der Waals surface area contributed by atoms with Gasteiger partial charge in [-0.3, -0.25) is 0 Å². The summed E-state index contributed by atoms with van der Waals surface area (Å²) in [6.07, 6.45) is -1.93. The predicted molar refractivity (Wildman–Crippen MR) is 181 cm³/mol. The zero-order valence-corrected chi connectivity index (χ0v) is 27.2. The summed E-state index contributed by atoms with van der Waals surface area (Å²) in [6, 6.07) is 30.5. The molecule has 2 amide bonds. The minimum atomic E-state index is -0.775. The van der Waals surface area contributed by atoms with E-state index in [1.54, 1.807) is 24.3 Å². The number of hydrogen-bond donors (Lipinski definition) is 5. The number of phenolic OH excluding ortho intramolecular Hbond substituents is 1. The van der Waals surface area contributed by atoms with Crippen molar-refractivity contribution in [1.82, 2.24) is 15.5 Å². The van der Waals surface area contributed by atoms with Crippen molar-refractivity contribution < 1.29 is 29.6 Å². The van der Waals surface area contributed by atoms with Crippen molar-refractivity contribution in [3.8, 4) is 16.9 Å². The first-order valence-electron chi connectivity index (χ1n) is 16.1. The van der Waals surface area contributed by atoms with Crippen LogP contribution >= 0.6 is 0 Å². The molecule has 0 bridgehead atoms. The molecule has 9 nitrogen and oxygen atoms in total. The van der Waals surface area contributed by atoms with Gasteiger partial charge >= 0.3 is 6.03 Å². The van der Waals surface area contributed by atoms with E-state index in [0.717, 1.165) is 33.4 Å². The highest BCUT2D eigenvalue weighted by Gasteiger charge is 2.39. The Kier molecular flexibility index (Phi) is 11.6. The standard InChI is InChI=1S/C38H45N3O6/c1-4-39-38(45)40-21-27-8-5-9-29(18-27)30-10-6-12-32(19-30)37-46-35(23-41(3)22-34(44)31-11-7-13-33(43)20-31)25(2)36(47-37)28-16-14-26(24-42)15-17-28/h5-20,25,34-37,42-44H,4,21-24H2,1-3H3,(H2,39,40,45). The van der Waals surface area contributed by atoms with Crippen molar-refractivity contribution in [3.63, 3.8) is 0 Å². The Morgan fingerprint density at radius 1 is 0.872 bits per heavy atom. The predicted octanol–water partition coefficient (Wildman–Crippen LogP) is 5.83. The maximum Gasteiger partial charge on any atom is 0.315 e. The molecular formula is C38H45N3O6. The quantitative estimate of drug-likeness (QED) is 0.132. The fraction of sp³-hybridized carbons (Fsp3) is 0.342. The number of hydrogen-bond acceptors (Lipinski definition) is 7. The third-order valence-corrected chi connectivity index (χ3v) is 8.56. The molecule has 0 aromatic heterocycles. The molecule has 5 N–H and O–H groups in total. The lowest BCUT2D eigenvalue weighted by molar-refractivity contribution is -0.276. The van der Waals surface area contributed by atoms with Gasteiger partial charge in [0.05, 0.1) is 24.9 Å². The Labute approximate surface area is 276 Å². The van der Waals surface area contributed by atoms with E-state index in [1.807, 2.05) is 79.5 Å².